The van der Waals surface area contributed by atoms with Gasteiger partial charge in [0.1, 0.15) is 89.1 Å². The van der Waals surface area contributed by atoms with Crippen molar-refractivity contribution in [2.75, 3.05) is 69.9 Å². The second-order valence-electron chi connectivity index (χ2n) is 28.2. The lowest BCUT2D eigenvalue weighted by Crippen LogP contribution is -2.68. The number of anilines is 2. The van der Waals surface area contributed by atoms with Gasteiger partial charge in [0.25, 0.3) is 5.79 Å². The first-order chi connectivity index (χ1) is 51.7. The van der Waals surface area contributed by atoms with Gasteiger partial charge in [0.05, 0.1) is 74.3 Å². The molecule has 11 N–H and O–H groups in total. The van der Waals surface area contributed by atoms with Crippen molar-refractivity contribution in [2.45, 2.75) is 195 Å². The molecule has 19 unspecified atom stereocenters. The van der Waals surface area contributed by atoms with E-state index in [1.165, 1.54) is 54.6 Å². The number of aliphatic carboxylic acids is 1. The van der Waals surface area contributed by atoms with Crippen molar-refractivity contribution in [3.63, 3.8) is 0 Å². The summed E-state index contributed by atoms with van der Waals surface area (Å²) in [5.74, 6) is -8.38. The molecule has 4 bridgehead atoms. The number of benzene rings is 3. The molecule has 4 saturated heterocycles. The van der Waals surface area contributed by atoms with Gasteiger partial charge < -0.3 is 109 Å². The van der Waals surface area contributed by atoms with E-state index in [-0.39, 0.29) is 54.6 Å². The van der Waals surface area contributed by atoms with Crippen molar-refractivity contribution in [3.05, 3.63) is 101 Å². The quantitative estimate of drug-likeness (QED) is 0.0283. The lowest BCUT2D eigenvalue weighted by atomic mass is 9.83. The average Bonchev–Trinajstić information content (AvgIpc) is 1.59. The van der Waals surface area contributed by atoms with E-state index in [0.717, 1.165) is 36.9 Å². The minimum atomic E-state index is -2.83. The molecule has 0 saturated carbocycles. The number of ether oxygens (including phenoxy) is 9. The van der Waals surface area contributed by atoms with Crippen molar-refractivity contribution in [1.29, 1.82) is 0 Å². The molecule has 3 aromatic carbocycles. The number of epoxide rings is 1. The Kier molecular flexibility index (Phi) is 26.7. The highest BCUT2D eigenvalue weighted by atomic mass is 35.5. The normalized spacial score (nSPS) is 30.6. The number of nitrogens with zero attached hydrogens (tertiary/aromatic N) is 6. The Bertz CT molecular complexity index is 4090. The van der Waals surface area contributed by atoms with E-state index < -0.39 is 188 Å². The van der Waals surface area contributed by atoms with Crippen molar-refractivity contribution >= 4 is 82.3 Å². The average molecular weight is 1570 g/mol. The van der Waals surface area contributed by atoms with E-state index in [0.29, 0.717) is 45.9 Å². The monoisotopic (exact) mass is 1560 g/mol. The summed E-state index contributed by atoms with van der Waals surface area (Å²) >= 11 is 8.00. The third-order valence-electron chi connectivity index (χ3n) is 20.7. The van der Waals surface area contributed by atoms with E-state index in [1.807, 2.05) is 13.0 Å². The summed E-state index contributed by atoms with van der Waals surface area (Å²) in [6.45, 7) is 6.35. The summed E-state index contributed by atoms with van der Waals surface area (Å²) in [6, 6.07) is 14.5. The number of halogens is 1. The van der Waals surface area contributed by atoms with Crippen LogP contribution in [0.25, 0.3) is 22.5 Å². The zero-order valence-corrected chi connectivity index (χ0v) is 63.3. The van der Waals surface area contributed by atoms with Crippen molar-refractivity contribution < 1.29 is 122 Å². The van der Waals surface area contributed by atoms with Crippen LogP contribution in [0.4, 0.5) is 16.2 Å². The van der Waals surface area contributed by atoms with Crippen LogP contribution in [0.5, 0.6) is 5.75 Å². The number of aliphatic hydroxyl groups excluding tert-OH is 6. The topological polar surface area (TPSA) is 461 Å². The summed E-state index contributed by atoms with van der Waals surface area (Å²) in [5, 5.41) is 106. The van der Waals surface area contributed by atoms with Crippen LogP contribution in [0, 0.1) is 5.92 Å². The van der Waals surface area contributed by atoms with Gasteiger partial charge in [-0.2, -0.15) is 11.8 Å². The summed E-state index contributed by atoms with van der Waals surface area (Å²) in [6.07, 6.45) is -17.2. The number of hydrogen-bond donors (Lipinski definition) is 11. The Morgan fingerprint density at radius 3 is 2.35 bits per heavy atom. The molecule has 6 aliphatic rings. The van der Waals surface area contributed by atoms with Crippen LogP contribution in [0.3, 0.4) is 0 Å². The fraction of sp³-hybridized carbons (Fsp3) is 0.562. The number of alkyl carbamates (subject to hydrolysis) is 1. The Balaban J connectivity index is 0.756. The highest BCUT2D eigenvalue weighted by molar-refractivity contribution is 7.99. The van der Waals surface area contributed by atoms with Gasteiger partial charge in [-0.15, -0.1) is 5.10 Å². The number of carbonyl (C=O) groups excluding carboxylic acids is 7. The maximum absolute atomic E-state index is 14.5. The van der Waals surface area contributed by atoms with Crippen molar-refractivity contribution in [2.24, 2.45) is 5.92 Å². The summed E-state index contributed by atoms with van der Waals surface area (Å²) < 4.78 is 53.1. The van der Waals surface area contributed by atoms with Crippen LogP contribution >= 0.6 is 23.4 Å². The van der Waals surface area contributed by atoms with E-state index in [4.69, 9.17) is 54.2 Å². The number of aliphatic hydroxyl groups is 7. The first kappa shape index (κ1) is 83.2. The SMILES string of the molecule is COc1cc2cc(c1Cl)N(C)C(=O)CC(OC(=O)C(C)N(C)C(=O)CCSCC(=O)NCCC(=O)N1Cc3ccccc3-c3c(nnn3CC(O)C(O)C3OC(OCC4OC(OC)C(O)C(O)C4O)(C(=O)O)CC(O)C3NC(C)=O)-c3ccccc31)C1(C)OC1C(C)C1CC(O)(NC(=O)O1)C(OC)/C=C/C=C(\C)C2. The summed E-state index contributed by atoms with van der Waals surface area (Å²) in [7, 11) is 6.94. The highest BCUT2D eigenvalue weighted by Gasteiger charge is 2.65. The Morgan fingerprint density at radius 2 is 1.65 bits per heavy atom. The molecule has 4 aromatic rings. The molecule has 4 fully saturated rings. The molecule has 36 heteroatoms. The number of fused-ring (bicyclic) bond motifs is 10. The molecule has 109 heavy (non-hydrogen) atoms. The number of hydrogen-bond acceptors (Lipinski definition) is 27. The first-order valence-corrected chi connectivity index (χ1v) is 36.9. The molecule has 19 atom stereocenters. The number of esters is 1. The zero-order chi connectivity index (χ0) is 79.3. The molecule has 0 spiro atoms. The van der Waals surface area contributed by atoms with Crippen molar-refractivity contribution in [1.82, 2.24) is 35.8 Å². The van der Waals surface area contributed by atoms with Crippen LogP contribution < -0.4 is 30.5 Å². The van der Waals surface area contributed by atoms with Gasteiger partial charge in [0.2, 0.25) is 29.5 Å². The van der Waals surface area contributed by atoms with Crippen LogP contribution in [-0.2, 0) is 91.0 Å². The fourth-order valence-corrected chi connectivity index (χ4v) is 15.4. The first-order valence-electron chi connectivity index (χ1n) is 35.4. The zero-order valence-electron chi connectivity index (χ0n) is 61.7. The van der Waals surface area contributed by atoms with Gasteiger partial charge in [0, 0.05) is 90.3 Å². The van der Waals surface area contributed by atoms with Crippen LogP contribution in [0.15, 0.2) is 84.5 Å². The van der Waals surface area contributed by atoms with Gasteiger partial charge >= 0.3 is 18.0 Å². The molecule has 1 aromatic heterocycles. The molecular formula is C73H94ClN9O25S. The number of nitrogens with one attached hydrogen (secondary N) is 3. The third kappa shape index (κ3) is 18.2. The van der Waals surface area contributed by atoms with Crippen LogP contribution in [0.2, 0.25) is 5.02 Å². The molecule has 6 amide bonds. The maximum atomic E-state index is 14.5. The number of rotatable bonds is 23. The predicted octanol–water partition coefficient (Wildman–Crippen LogP) is 1.24. The van der Waals surface area contributed by atoms with Crippen molar-refractivity contribution in [3.8, 4) is 28.3 Å². The Hall–Kier alpha value is -8.24. The number of thioether (sulfide) groups is 1. The number of methoxy groups -OCH3 is 3. The third-order valence-corrected chi connectivity index (χ3v) is 22.0. The lowest BCUT2D eigenvalue weighted by Gasteiger charge is -2.47. The second kappa shape index (κ2) is 35.0. The molecular weight excluding hydrogens is 1470 g/mol. The molecule has 34 nitrogen and oxygen atoms in total. The molecule has 0 radical (unpaired) electrons. The fourth-order valence-electron chi connectivity index (χ4n) is 14.3. The van der Waals surface area contributed by atoms with E-state index in [1.54, 1.807) is 86.7 Å². The van der Waals surface area contributed by atoms with Gasteiger partial charge in [-0.05, 0) is 56.5 Å². The number of carboxylic acid groups (broad SMARTS) is 1. The minimum Gasteiger partial charge on any atom is -0.495 e. The minimum absolute atomic E-state index is 0.0204. The Morgan fingerprint density at radius 1 is 0.936 bits per heavy atom. The molecule has 594 valence electrons. The van der Waals surface area contributed by atoms with E-state index in [9.17, 15) is 79.2 Å². The van der Waals surface area contributed by atoms with Crippen LogP contribution in [-0.4, -0.2) is 277 Å². The highest BCUT2D eigenvalue weighted by Crippen LogP contribution is 2.50. The number of carbonyl (C=O) groups is 8. The number of aromatic nitrogens is 3. The van der Waals surface area contributed by atoms with E-state index in [2.05, 4.69) is 26.3 Å². The predicted molar refractivity (Wildman–Crippen MR) is 388 cm³/mol. The number of amides is 6. The lowest BCUT2D eigenvalue weighted by molar-refractivity contribution is -0.336. The number of allylic oxidation sites excluding steroid dienone is 3. The van der Waals surface area contributed by atoms with E-state index >= 15 is 0 Å². The molecule has 0 aliphatic carbocycles. The standard InChI is InChI=1S/C73H94ClN9O25S/c1-36-16-15-21-51(101-9)72(99)31-49(105-70(98)77-72)37(2)66-71(5,108-66)52(29-56(90)81(7)45-27-40(26-36)28-48(100-8)57(45)74)106-67(95)38(3)80(6)54(88)23-25-109-35-53(87)75-24-22-55(89)82-32-41-17-11-12-18-42(41)60-58(43-19-13-14-20-44(43)82)78-79-83(60)33-47(86)61(91)65-59(76-39(4)84)46(85)30-73(107-65,69(96)97)103-34-50-62(92)63(93)64(94)68(102-10)104-50/h11-21,27-28,37-38,46-47,49-52,59,61-66,68,85-86,91-94,99H,22-26,29-35H2,1-10H3,(H,75,87)(H,76,84)(H,77,98)(H,96,97)/b21-15+,36-16+. The smallest absolute Gasteiger partial charge is 0.409 e. The van der Waals surface area contributed by atoms with Gasteiger partial charge in [-0.3, -0.25) is 29.3 Å². The Labute approximate surface area is 636 Å². The van der Waals surface area contributed by atoms with Crippen LogP contribution in [0.1, 0.15) is 77.8 Å². The number of para-hydroxylation sites is 1. The largest absolute Gasteiger partial charge is 0.495 e. The molecule has 7 heterocycles. The molecule has 10 rings (SSSR count). The van der Waals surface area contributed by atoms with Gasteiger partial charge in [-0.25, -0.2) is 19.1 Å². The second-order valence-corrected chi connectivity index (χ2v) is 29.7. The number of likely N-dealkylation sites (N-methyl/N-ethyl adjacent to an activating group) is 1. The number of carboxylic acids is 1. The summed E-state index contributed by atoms with van der Waals surface area (Å²) in [5.41, 5.74) is 1.10. The maximum Gasteiger partial charge on any atom is 0.409 e. The summed E-state index contributed by atoms with van der Waals surface area (Å²) in [4.78, 5) is 113. The molecule has 6 aliphatic heterocycles. The van der Waals surface area contributed by atoms with Gasteiger partial charge in [0.15, 0.2) is 12.0 Å². The van der Waals surface area contributed by atoms with Gasteiger partial charge in [-0.1, -0.05) is 90.0 Å².